The van der Waals surface area contributed by atoms with Gasteiger partial charge in [-0.05, 0) is 58.5 Å². The van der Waals surface area contributed by atoms with Gasteiger partial charge in [0.25, 0.3) is 0 Å². The van der Waals surface area contributed by atoms with Crippen molar-refractivity contribution < 1.29 is 4.39 Å². The number of hydrogen-bond acceptors (Lipinski definition) is 1. The number of hydrogen-bond donors (Lipinski definition) is 0. The highest BCUT2D eigenvalue weighted by Crippen LogP contribution is 2.23. The number of benzene rings is 2. The van der Waals surface area contributed by atoms with E-state index in [0.717, 1.165) is 25.0 Å². The van der Waals surface area contributed by atoms with Crippen LogP contribution in [0.2, 0.25) is 0 Å². The molecule has 0 radical (unpaired) electrons. The first kappa shape index (κ1) is 14.7. The second-order valence-electron chi connectivity index (χ2n) is 4.62. The summed E-state index contributed by atoms with van der Waals surface area (Å²) in [5.74, 6) is 0.647. The highest BCUT2D eigenvalue weighted by Gasteiger charge is 2.09. The van der Waals surface area contributed by atoms with Gasteiger partial charge in [0.05, 0.1) is 6.54 Å². The van der Waals surface area contributed by atoms with Gasteiger partial charge in [-0.15, -0.1) is 0 Å². The molecule has 0 fully saturated rings. The van der Waals surface area contributed by atoms with Gasteiger partial charge >= 0.3 is 0 Å². The van der Waals surface area contributed by atoms with E-state index in [2.05, 4.69) is 49.6 Å². The van der Waals surface area contributed by atoms with Crippen molar-refractivity contribution in [2.24, 2.45) is 0 Å². The Kier molecular flexibility index (Phi) is 4.40. The van der Waals surface area contributed by atoms with Crippen molar-refractivity contribution in [1.82, 2.24) is 9.55 Å². The minimum absolute atomic E-state index is 0.232. The molecule has 21 heavy (non-hydrogen) atoms. The van der Waals surface area contributed by atoms with E-state index in [1.54, 1.807) is 18.3 Å². The first-order valence-corrected chi connectivity index (χ1v) is 8.21. The van der Waals surface area contributed by atoms with Gasteiger partial charge in [-0.2, -0.15) is 0 Å². The highest BCUT2D eigenvalue weighted by molar-refractivity contribution is 14.1. The van der Waals surface area contributed by atoms with Gasteiger partial charge in [-0.1, -0.05) is 28.1 Å². The normalized spacial score (nSPS) is 10.8. The van der Waals surface area contributed by atoms with Crippen molar-refractivity contribution in [3.63, 3.8) is 0 Å². The molecule has 5 heteroatoms. The molecule has 0 unspecified atom stereocenters. The largest absolute Gasteiger partial charge is 0.327 e. The van der Waals surface area contributed by atoms with Crippen LogP contribution in [0.4, 0.5) is 4.39 Å². The Morgan fingerprint density at radius 2 is 2.05 bits per heavy atom. The van der Waals surface area contributed by atoms with Crippen LogP contribution in [-0.2, 0) is 6.54 Å². The monoisotopic (exact) mass is 456 g/mol. The topological polar surface area (TPSA) is 17.8 Å². The van der Waals surface area contributed by atoms with Crippen molar-refractivity contribution in [3.05, 3.63) is 74.3 Å². The van der Waals surface area contributed by atoms with E-state index in [1.165, 1.54) is 6.07 Å². The average Bonchev–Trinajstić information content (AvgIpc) is 2.91. The summed E-state index contributed by atoms with van der Waals surface area (Å²) in [6.45, 7) is 0.569. The van der Waals surface area contributed by atoms with Crippen LogP contribution in [0.25, 0.3) is 11.4 Å². The molecule has 0 aliphatic rings. The Balaban J connectivity index is 1.98. The molecule has 1 heterocycles. The lowest BCUT2D eigenvalue weighted by atomic mass is 10.2. The van der Waals surface area contributed by atoms with Gasteiger partial charge in [0.15, 0.2) is 0 Å². The van der Waals surface area contributed by atoms with Gasteiger partial charge in [0.1, 0.15) is 11.6 Å². The van der Waals surface area contributed by atoms with Gasteiger partial charge in [-0.3, -0.25) is 0 Å². The Bertz CT molecular complexity index is 785. The Morgan fingerprint density at radius 3 is 2.86 bits per heavy atom. The van der Waals surface area contributed by atoms with Gasteiger partial charge in [0, 0.05) is 26.0 Å². The van der Waals surface area contributed by atoms with E-state index in [0.29, 0.717) is 6.54 Å². The second kappa shape index (κ2) is 6.27. The van der Waals surface area contributed by atoms with Crippen LogP contribution < -0.4 is 0 Å². The second-order valence-corrected chi connectivity index (χ2v) is 6.72. The minimum Gasteiger partial charge on any atom is -0.327 e. The number of rotatable bonds is 3. The maximum absolute atomic E-state index is 13.4. The molecule has 1 aromatic heterocycles. The molecule has 0 spiro atoms. The number of halogens is 3. The summed E-state index contributed by atoms with van der Waals surface area (Å²) in [5, 5.41) is 0. The Morgan fingerprint density at radius 1 is 1.19 bits per heavy atom. The lowest BCUT2D eigenvalue weighted by Gasteiger charge is -2.10. The molecular weight excluding hydrogens is 446 g/mol. The molecule has 2 aromatic carbocycles. The van der Waals surface area contributed by atoms with Crippen molar-refractivity contribution >= 4 is 38.5 Å². The van der Waals surface area contributed by atoms with Crippen molar-refractivity contribution in [1.29, 1.82) is 0 Å². The zero-order valence-electron chi connectivity index (χ0n) is 10.9. The van der Waals surface area contributed by atoms with Crippen LogP contribution in [0, 0.1) is 9.39 Å². The third kappa shape index (κ3) is 3.35. The number of aromatic nitrogens is 2. The van der Waals surface area contributed by atoms with Crippen molar-refractivity contribution in [2.75, 3.05) is 0 Å². The first-order chi connectivity index (χ1) is 10.1. The fraction of sp³-hybridized carbons (Fsp3) is 0.0625. The quantitative estimate of drug-likeness (QED) is 0.501. The smallest absolute Gasteiger partial charge is 0.140 e. The molecule has 0 amide bonds. The van der Waals surface area contributed by atoms with E-state index in [1.807, 2.05) is 29.0 Å². The average molecular weight is 457 g/mol. The SMILES string of the molecule is Fc1ccc(Br)c(Cn2ccnc2-c2cccc(I)c2)c1. The van der Waals surface area contributed by atoms with Crippen molar-refractivity contribution in [2.45, 2.75) is 6.54 Å². The molecule has 2 nitrogen and oxygen atoms in total. The lowest BCUT2D eigenvalue weighted by molar-refractivity contribution is 0.623. The van der Waals surface area contributed by atoms with E-state index in [-0.39, 0.29) is 5.82 Å². The predicted molar refractivity (Wildman–Crippen MR) is 93.6 cm³/mol. The third-order valence-corrected chi connectivity index (χ3v) is 4.59. The molecular formula is C16H11BrFIN2. The summed E-state index contributed by atoms with van der Waals surface area (Å²) in [6.07, 6.45) is 3.68. The lowest BCUT2D eigenvalue weighted by Crippen LogP contribution is -2.02. The molecule has 0 saturated carbocycles. The number of imidazole rings is 1. The van der Waals surface area contributed by atoms with Crippen LogP contribution >= 0.6 is 38.5 Å². The Labute approximate surface area is 144 Å². The number of nitrogens with zero attached hydrogens (tertiary/aromatic N) is 2. The predicted octanol–water partition coefficient (Wildman–Crippen LogP) is 5.10. The molecule has 3 rings (SSSR count). The molecule has 0 bridgehead atoms. The van der Waals surface area contributed by atoms with E-state index < -0.39 is 0 Å². The van der Waals surface area contributed by atoms with Gasteiger partial charge in [0.2, 0.25) is 0 Å². The van der Waals surface area contributed by atoms with Crippen LogP contribution in [0.15, 0.2) is 59.3 Å². The maximum atomic E-state index is 13.4. The van der Waals surface area contributed by atoms with E-state index in [9.17, 15) is 4.39 Å². The molecule has 0 aliphatic carbocycles. The van der Waals surface area contributed by atoms with Gasteiger partial charge < -0.3 is 4.57 Å². The van der Waals surface area contributed by atoms with Crippen LogP contribution in [0.3, 0.4) is 0 Å². The molecule has 106 valence electrons. The summed E-state index contributed by atoms with van der Waals surface area (Å²) in [7, 11) is 0. The summed E-state index contributed by atoms with van der Waals surface area (Å²) in [5.41, 5.74) is 1.94. The third-order valence-electron chi connectivity index (χ3n) is 3.15. The van der Waals surface area contributed by atoms with Crippen LogP contribution in [0.1, 0.15) is 5.56 Å². The summed E-state index contributed by atoms with van der Waals surface area (Å²) in [6, 6.07) is 12.9. The molecule has 0 saturated heterocycles. The summed E-state index contributed by atoms with van der Waals surface area (Å²) >= 11 is 5.75. The molecule has 0 aliphatic heterocycles. The zero-order chi connectivity index (χ0) is 14.8. The van der Waals surface area contributed by atoms with E-state index >= 15 is 0 Å². The highest BCUT2D eigenvalue weighted by atomic mass is 127. The Hall–Kier alpha value is -1.21. The maximum Gasteiger partial charge on any atom is 0.140 e. The first-order valence-electron chi connectivity index (χ1n) is 6.34. The molecule has 3 aromatic rings. The fourth-order valence-electron chi connectivity index (χ4n) is 2.17. The zero-order valence-corrected chi connectivity index (χ0v) is 14.7. The van der Waals surface area contributed by atoms with E-state index in [4.69, 9.17) is 0 Å². The minimum atomic E-state index is -0.232. The van der Waals surface area contributed by atoms with Gasteiger partial charge in [-0.25, -0.2) is 9.37 Å². The molecule has 0 atom stereocenters. The molecule has 0 N–H and O–H groups in total. The standard InChI is InChI=1S/C16H11BrFIN2/c17-15-5-4-13(18)8-12(15)10-21-7-6-20-16(21)11-2-1-3-14(19)9-11/h1-9H,10H2. The van der Waals surface area contributed by atoms with Crippen LogP contribution in [-0.4, -0.2) is 9.55 Å². The summed E-state index contributed by atoms with van der Waals surface area (Å²) in [4.78, 5) is 4.43. The summed E-state index contributed by atoms with van der Waals surface area (Å²) < 4.78 is 17.5. The van der Waals surface area contributed by atoms with Crippen molar-refractivity contribution in [3.8, 4) is 11.4 Å². The van der Waals surface area contributed by atoms with Crippen LogP contribution in [0.5, 0.6) is 0 Å². The fourth-order valence-corrected chi connectivity index (χ4v) is 3.09.